The Morgan fingerprint density at radius 1 is 1.09 bits per heavy atom. The number of carbonyl (C=O) groups excluding carboxylic acids is 1. The van der Waals surface area contributed by atoms with E-state index in [0.29, 0.717) is 5.69 Å². The summed E-state index contributed by atoms with van der Waals surface area (Å²) in [5, 5.41) is 2.65. The van der Waals surface area contributed by atoms with Gasteiger partial charge in [0.15, 0.2) is 0 Å². The smallest absolute Gasteiger partial charge is 0.255 e. The van der Waals surface area contributed by atoms with Crippen LogP contribution in [0.1, 0.15) is 15.9 Å². The molecule has 2 aromatic carbocycles. The molecule has 1 amide bonds. The fourth-order valence-corrected chi connectivity index (χ4v) is 2.83. The highest BCUT2D eigenvalue weighted by molar-refractivity contribution is 7.89. The number of rotatable bonds is 4. The molecule has 1 N–H and O–H groups in total. The summed E-state index contributed by atoms with van der Waals surface area (Å²) in [6, 6.07) is 9.62. The summed E-state index contributed by atoms with van der Waals surface area (Å²) in [7, 11) is -0.717. The molecule has 122 valence electrons. The number of aryl methyl sites for hydroxylation is 1. The molecule has 0 aromatic heterocycles. The summed E-state index contributed by atoms with van der Waals surface area (Å²) in [5.41, 5.74) is 1.40. The van der Waals surface area contributed by atoms with Gasteiger partial charge in [0.25, 0.3) is 5.91 Å². The molecule has 23 heavy (non-hydrogen) atoms. The van der Waals surface area contributed by atoms with E-state index in [2.05, 4.69) is 5.32 Å². The third kappa shape index (κ3) is 3.75. The van der Waals surface area contributed by atoms with Crippen LogP contribution in [0.2, 0.25) is 0 Å². The Morgan fingerprint density at radius 2 is 1.70 bits per heavy atom. The number of nitrogens with one attached hydrogen (secondary N) is 1. The van der Waals surface area contributed by atoms with Crippen LogP contribution in [-0.2, 0) is 10.0 Å². The van der Waals surface area contributed by atoms with Crippen LogP contribution in [0.5, 0.6) is 0 Å². The summed E-state index contributed by atoms with van der Waals surface area (Å²) < 4.78 is 38.3. The third-order valence-corrected chi connectivity index (χ3v) is 5.15. The number of halogens is 1. The second kappa shape index (κ2) is 6.47. The van der Waals surface area contributed by atoms with Crippen LogP contribution in [-0.4, -0.2) is 32.7 Å². The maximum atomic E-state index is 12.9. The third-order valence-electron chi connectivity index (χ3n) is 3.34. The summed E-state index contributed by atoms with van der Waals surface area (Å²) in [5.74, 6) is -0.871. The van der Waals surface area contributed by atoms with Crippen molar-refractivity contribution in [1.29, 1.82) is 0 Å². The second-order valence-electron chi connectivity index (χ2n) is 5.23. The topological polar surface area (TPSA) is 66.5 Å². The van der Waals surface area contributed by atoms with Gasteiger partial charge in [-0.15, -0.1) is 0 Å². The lowest BCUT2D eigenvalue weighted by atomic mass is 10.1. The van der Waals surface area contributed by atoms with E-state index in [0.717, 1.165) is 9.87 Å². The van der Waals surface area contributed by atoms with E-state index < -0.39 is 21.7 Å². The van der Waals surface area contributed by atoms with Crippen LogP contribution < -0.4 is 5.32 Å². The van der Waals surface area contributed by atoms with Gasteiger partial charge in [0.05, 0.1) is 4.90 Å². The summed E-state index contributed by atoms with van der Waals surface area (Å²) in [6.45, 7) is 1.76. The van der Waals surface area contributed by atoms with E-state index in [1.54, 1.807) is 13.0 Å². The number of hydrogen-bond acceptors (Lipinski definition) is 3. The molecule has 0 spiro atoms. The lowest BCUT2D eigenvalue weighted by Gasteiger charge is -2.14. The van der Waals surface area contributed by atoms with E-state index in [1.165, 1.54) is 50.5 Å². The average molecular weight is 336 g/mol. The highest BCUT2D eigenvalue weighted by Gasteiger charge is 2.19. The van der Waals surface area contributed by atoms with Crippen molar-refractivity contribution in [3.63, 3.8) is 0 Å². The molecule has 0 heterocycles. The quantitative estimate of drug-likeness (QED) is 0.933. The summed E-state index contributed by atoms with van der Waals surface area (Å²) in [6.07, 6.45) is 0. The maximum absolute atomic E-state index is 12.9. The lowest BCUT2D eigenvalue weighted by molar-refractivity contribution is 0.102. The molecule has 0 aliphatic rings. The van der Waals surface area contributed by atoms with E-state index in [1.807, 2.05) is 0 Å². The number of carbonyl (C=O) groups is 1. The van der Waals surface area contributed by atoms with Crippen LogP contribution in [0.25, 0.3) is 0 Å². The van der Waals surface area contributed by atoms with Crippen LogP contribution in [0.3, 0.4) is 0 Å². The van der Waals surface area contributed by atoms with E-state index in [4.69, 9.17) is 0 Å². The minimum absolute atomic E-state index is 0.0857. The molecule has 0 saturated carbocycles. The maximum Gasteiger partial charge on any atom is 0.255 e. The monoisotopic (exact) mass is 336 g/mol. The SMILES string of the molecule is Cc1ccc(S(=O)(=O)N(C)C)cc1NC(=O)c1ccc(F)cc1. The molecule has 7 heteroatoms. The molecule has 0 fully saturated rings. The fraction of sp³-hybridized carbons (Fsp3) is 0.188. The molecule has 0 radical (unpaired) electrons. The van der Waals surface area contributed by atoms with Gasteiger partial charge in [-0.25, -0.2) is 17.1 Å². The molecular formula is C16H17FN2O3S. The van der Waals surface area contributed by atoms with Crippen molar-refractivity contribution < 1.29 is 17.6 Å². The number of hydrogen-bond donors (Lipinski definition) is 1. The molecule has 0 aliphatic heterocycles. The molecule has 0 saturated heterocycles. The van der Waals surface area contributed by atoms with Crippen molar-refractivity contribution in [2.24, 2.45) is 0 Å². The Kier molecular flexibility index (Phi) is 4.82. The Balaban J connectivity index is 2.33. The molecule has 0 atom stereocenters. The first-order chi connectivity index (χ1) is 10.7. The van der Waals surface area contributed by atoms with E-state index in [9.17, 15) is 17.6 Å². The minimum Gasteiger partial charge on any atom is -0.322 e. The van der Waals surface area contributed by atoms with E-state index >= 15 is 0 Å². The van der Waals surface area contributed by atoms with Gasteiger partial charge in [0, 0.05) is 25.3 Å². The minimum atomic E-state index is -3.59. The van der Waals surface area contributed by atoms with Crippen molar-refractivity contribution in [3.8, 4) is 0 Å². The standard InChI is InChI=1S/C16H17FN2O3S/c1-11-4-9-14(23(21,22)19(2)3)10-15(11)18-16(20)12-5-7-13(17)8-6-12/h4-10H,1-3H3,(H,18,20). The molecule has 0 aliphatic carbocycles. The van der Waals surface area contributed by atoms with Crippen molar-refractivity contribution in [1.82, 2.24) is 4.31 Å². The normalized spacial score (nSPS) is 11.5. The van der Waals surface area contributed by atoms with Crippen molar-refractivity contribution in [2.75, 3.05) is 19.4 Å². The van der Waals surface area contributed by atoms with Gasteiger partial charge >= 0.3 is 0 Å². The first kappa shape index (κ1) is 17.1. The predicted octanol–water partition coefficient (Wildman–Crippen LogP) is 2.64. The second-order valence-corrected chi connectivity index (χ2v) is 7.38. The van der Waals surface area contributed by atoms with Crippen LogP contribution in [0, 0.1) is 12.7 Å². The number of benzene rings is 2. The van der Waals surface area contributed by atoms with Crippen LogP contribution in [0.4, 0.5) is 10.1 Å². The van der Waals surface area contributed by atoms with Gasteiger partial charge in [0.1, 0.15) is 5.82 Å². The van der Waals surface area contributed by atoms with Crippen LogP contribution >= 0.6 is 0 Å². The largest absolute Gasteiger partial charge is 0.322 e. The zero-order valence-corrected chi connectivity index (χ0v) is 13.8. The van der Waals surface area contributed by atoms with Gasteiger partial charge in [0.2, 0.25) is 10.0 Å². The fourth-order valence-electron chi connectivity index (χ4n) is 1.90. The van der Waals surface area contributed by atoms with Gasteiger partial charge in [-0.1, -0.05) is 6.07 Å². The lowest BCUT2D eigenvalue weighted by Crippen LogP contribution is -2.22. The van der Waals surface area contributed by atoms with Crippen molar-refractivity contribution >= 4 is 21.6 Å². The zero-order valence-electron chi connectivity index (χ0n) is 13.0. The summed E-state index contributed by atoms with van der Waals surface area (Å²) >= 11 is 0. The average Bonchev–Trinajstić information content (AvgIpc) is 2.49. The predicted molar refractivity (Wildman–Crippen MR) is 86.4 cm³/mol. The van der Waals surface area contributed by atoms with E-state index in [-0.39, 0.29) is 10.5 Å². The number of anilines is 1. The van der Waals surface area contributed by atoms with Gasteiger partial charge in [-0.05, 0) is 48.9 Å². The Morgan fingerprint density at radius 3 is 2.26 bits per heavy atom. The van der Waals surface area contributed by atoms with Gasteiger partial charge in [-0.3, -0.25) is 4.79 Å². The van der Waals surface area contributed by atoms with Gasteiger partial charge < -0.3 is 5.32 Å². The molecule has 0 unspecified atom stereocenters. The van der Waals surface area contributed by atoms with Crippen molar-refractivity contribution in [3.05, 3.63) is 59.4 Å². The first-order valence-corrected chi connectivity index (χ1v) is 8.26. The molecule has 0 bridgehead atoms. The van der Waals surface area contributed by atoms with Gasteiger partial charge in [-0.2, -0.15) is 0 Å². The molecule has 2 aromatic rings. The molecule has 2 rings (SSSR count). The number of amides is 1. The highest BCUT2D eigenvalue weighted by atomic mass is 32.2. The zero-order chi connectivity index (χ0) is 17.2. The Bertz CT molecular complexity index is 831. The van der Waals surface area contributed by atoms with Crippen LogP contribution in [0.15, 0.2) is 47.4 Å². The number of sulfonamides is 1. The first-order valence-electron chi connectivity index (χ1n) is 6.82. The number of nitrogens with zero attached hydrogens (tertiary/aromatic N) is 1. The Hall–Kier alpha value is -2.25. The molecule has 5 nitrogen and oxygen atoms in total. The molecular weight excluding hydrogens is 319 g/mol. The summed E-state index contributed by atoms with van der Waals surface area (Å²) in [4.78, 5) is 12.3. The highest BCUT2D eigenvalue weighted by Crippen LogP contribution is 2.22. The Labute approximate surface area is 134 Å². The van der Waals surface area contributed by atoms with Crippen molar-refractivity contribution in [2.45, 2.75) is 11.8 Å².